The third kappa shape index (κ3) is 3.89. The topological polar surface area (TPSA) is 28.2 Å². The van der Waals surface area contributed by atoms with Gasteiger partial charge in [-0.15, -0.1) is 0 Å². The van der Waals surface area contributed by atoms with Gasteiger partial charge in [0.1, 0.15) is 5.82 Å². The second kappa shape index (κ2) is 7.32. The van der Waals surface area contributed by atoms with Crippen molar-refractivity contribution in [2.45, 2.75) is 44.9 Å². The second-order valence-corrected chi connectivity index (χ2v) is 7.20. The van der Waals surface area contributed by atoms with Gasteiger partial charge in [-0.05, 0) is 37.1 Å². The van der Waals surface area contributed by atoms with E-state index in [1.54, 1.807) is 0 Å². The highest BCUT2D eigenvalue weighted by Crippen LogP contribution is 2.26. The molecule has 0 bridgehead atoms. The van der Waals surface area contributed by atoms with Gasteiger partial charge in [0.25, 0.3) is 0 Å². The molecule has 112 valence electrons. The summed E-state index contributed by atoms with van der Waals surface area (Å²) in [6.07, 6.45) is 1.24. The number of thioether (sulfide) groups is 1. The molecule has 1 saturated heterocycles. The minimum absolute atomic E-state index is 0.478. The summed E-state index contributed by atoms with van der Waals surface area (Å²) in [6, 6.07) is 4.49. The summed E-state index contributed by atoms with van der Waals surface area (Å²) in [6.45, 7) is 9.89. The first-order valence-electron chi connectivity index (χ1n) is 7.66. The number of anilines is 1. The summed E-state index contributed by atoms with van der Waals surface area (Å²) in [7, 11) is 2.00. The predicted molar refractivity (Wildman–Crippen MR) is 89.8 cm³/mol. The van der Waals surface area contributed by atoms with E-state index in [2.05, 4.69) is 54.9 Å². The van der Waals surface area contributed by atoms with E-state index in [0.29, 0.717) is 5.92 Å². The van der Waals surface area contributed by atoms with E-state index >= 15 is 0 Å². The molecule has 20 heavy (non-hydrogen) atoms. The Labute approximate surface area is 127 Å². The van der Waals surface area contributed by atoms with Crippen LogP contribution in [0.5, 0.6) is 0 Å². The molecule has 1 N–H and O–H groups in total. The van der Waals surface area contributed by atoms with Crippen molar-refractivity contribution in [3.05, 3.63) is 23.4 Å². The fourth-order valence-electron chi connectivity index (χ4n) is 2.53. The van der Waals surface area contributed by atoms with Gasteiger partial charge in [-0.25, -0.2) is 4.98 Å². The lowest BCUT2D eigenvalue weighted by molar-refractivity contribution is 0.709. The van der Waals surface area contributed by atoms with Gasteiger partial charge in [0.15, 0.2) is 0 Å². The van der Waals surface area contributed by atoms with E-state index in [9.17, 15) is 0 Å². The van der Waals surface area contributed by atoms with E-state index in [-0.39, 0.29) is 0 Å². The summed E-state index contributed by atoms with van der Waals surface area (Å²) in [5, 5.41) is 4.00. The molecule has 1 unspecified atom stereocenters. The van der Waals surface area contributed by atoms with Crippen LogP contribution in [-0.2, 0) is 6.54 Å². The number of hydrogen-bond acceptors (Lipinski definition) is 4. The molecule has 1 aliphatic heterocycles. The van der Waals surface area contributed by atoms with Gasteiger partial charge in [0.05, 0.1) is 0 Å². The zero-order chi connectivity index (χ0) is 14.5. The predicted octanol–water partition coefficient (Wildman–Crippen LogP) is 3.26. The first-order chi connectivity index (χ1) is 9.63. The quantitative estimate of drug-likeness (QED) is 0.902. The lowest BCUT2D eigenvalue weighted by Gasteiger charge is -2.33. The van der Waals surface area contributed by atoms with E-state index in [0.717, 1.165) is 24.9 Å². The Balaban J connectivity index is 2.24. The third-order valence-electron chi connectivity index (χ3n) is 3.78. The molecule has 0 radical (unpaired) electrons. The maximum Gasteiger partial charge on any atom is 0.129 e. The average molecular weight is 293 g/mol. The number of rotatable bonds is 5. The lowest BCUT2D eigenvalue weighted by Crippen LogP contribution is -2.38. The van der Waals surface area contributed by atoms with Crippen LogP contribution in [0.15, 0.2) is 12.1 Å². The maximum atomic E-state index is 4.90. The monoisotopic (exact) mass is 293 g/mol. The van der Waals surface area contributed by atoms with Crippen molar-refractivity contribution in [1.29, 1.82) is 0 Å². The Bertz CT molecular complexity index is 434. The number of aromatic nitrogens is 1. The molecule has 0 saturated carbocycles. The summed E-state index contributed by atoms with van der Waals surface area (Å²) < 4.78 is 0. The van der Waals surface area contributed by atoms with Gasteiger partial charge in [0.2, 0.25) is 0 Å². The molecule has 0 aliphatic carbocycles. The molecule has 1 aromatic rings. The van der Waals surface area contributed by atoms with Crippen LogP contribution in [0.2, 0.25) is 0 Å². The van der Waals surface area contributed by atoms with Gasteiger partial charge < -0.3 is 10.2 Å². The molecule has 1 fully saturated rings. The number of nitrogens with one attached hydrogen (secondary N) is 1. The molecule has 2 heterocycles. The van der Waals surface area contributed by atoms with Crippen LogP contribution in [0.25, 0.3) is 0 Å². The standard InChI is InChI=1S/C16H27N3S/c1-5-14-11-19(6-7-20-14)16-9-13(10-17-4)8-15(18-16)12(2)3/h8-9,12,14,17H,5-7,10-11H2,1-4H3. The molecule has 1 atom stereocenters. The fourth-order valence-corrected chi connectivity index (χ4v) is 3.71. The second-order valence-electron chi connectivity index (χ2n) is 5.79. The average Bonchev–Trinajstić information content (AvgIpc) is 2.47. The van der Waals surface area contributed by atoms with Crippen molar-refractivity contribution >= 4 is 17.6 Å². The third-order valence-corrected chi connectivity index (χ3v) is 5.15. The summed E-state index contributed by atoms with van der Waals surface area (Å²) in [5.74, 6) is 2.86. The van der Waals surface area contributed by atoms with Crippen LogP contribution in [0, 0.1) is 0 Å². The van der Waals surface area contributed by atoms with Gasteiger partial charge in [0, 0.05) is 36.3 Å². The van der Waals surface area contributed by atoms with Crippen molar-refractivity contribution in [2.24, 2.45) is 0 Å². The molecule has 2 rings (SSSR count). The number of pyridine rings is 1. The summed E-state index contributed by atoms with van der Waals surface area (Å²) >= 11 is 2.10. The summed E-state index contributed by atoms with van der Waals surface area (Å²) in [5.41, 5.74) is 2.55. The lowest BCUT2D eigenvalue weighted by atomic mass is 10.1. The van der Waals surface area contributed by atoms with Crippen molar-refractivity contribution in [2.75, 3.05) is 30.8 Å². The van der Waals surface area contributed by atoms with E-state index in [4.69, 9.17) is 4.98 Å². The molecule has 0 spiro atoms. The van der Waals surface area contributed by atoms with Crippen LogP contribution in [0.3, 0.4) is 0 Å². The zero-order valence-electron chi connectivity index (χ0n) is 13.1. The Hall–Kier alpha value is -0.740. The molecule has 4 heteroatoms. The van der Waals surface area contributed by atoms with Crippen molar-refractivity contribution in [3.8, 4) is 0 Å². The Morgan fingerprint density at radius 2 is 2.25 bits per heavy atom. The van der Waals surface area contributed by atoms with Crippen molar-refractivity contribution in [1.82, 2.24) is 10.3 Å². The molecule has 1 aromatic heterocycles. The van der Waals surface area contributed by atoms with Crippen molar-refractivity contribution in [3.63, 3.8) is 0 Å². The Kier molecular flexibility index (Phi) is 5.73. The molecular weight excluding hydrogens is 266 g/mol. The van der Waals surface area contributed by atoms with Gasteiger partial charge in [-0.3, -0.25) is 0 Å². The SMILES string of the molecule is CCC1CN(c2cc(CNC)cc(C(C)C)n2)CCS1. The minimum atomic E-state index is 0.478. The molecule has 0 amide bonds. The number of nitrogens with zero attached hydrogens (tertiary/aromatic N) is 2. The Morgan fingerprint density at radius 1 is 1.45 bits per heavy atom. The fraction of sp³-hybridized carbons (Fsp3) is 0.688. The molecule has 0 aromatic carbocycles. The number of hydrogen-bond donors (Lipinski definition) is 1. The van der Waals surface area contributed by atoms with Crippen LogP contribution in [0.1, 0.15) is 44.4 Å². The minimum Gasteiger partial charge on any atom is -0.355 e. The Morgan fingerprint density at radius 3 is 2.90 bits per heavy atom. The normalized spacial score (nSPS) is 19.6. The largest absolute Gasteiger partial charge is 0.355 e. The first kappa shape index (κ1) is 15.6. The van der Waals surface area contributed by atoms with Crippen LogP contribution < -0.4 is 10.2 Å². The van der Waals surface area contributed by atoms with Crippen LogP contribution in [0.4, 0.5) is 5.82 Å². The highest BCUT2D eigenvalue weighted by atomic mass is 32.2. The first-order valence-corrected chi connectivity index (χ1v) is 8.71. The smallest absolute Gasteiger partial charge is 0.129 e. The maximum absolute atomic E-state index is 4.90. The van der Waals surface area contributed by atoms with E-state index in [1.165, 1.54) is 29.2 Å². The van der Waals surface area contributed by atoms with Crippen LogP contribution in [-0.4, -0.2) is 36.1 Å². The highest BCUT2D eigenvalue weighted by molar-refractivity contribution is 8.00. The summed E-state index contributed by atoms with van der Waals surface area (Å²) in [4.78, 5) is 7.36. The van der Waals surface area contributed by atoms with Gasteiger partial charge in [-0.1, -0.05) is 20.8 Å². The zero-order valence-corrected chi connectivity index (χ0v) is 14.0. The molecule has 3 nitrogen and oxygen atoms in total. The van der Waals surface area contributed by atoms with Gasteiger partial charge in [-0.2, -0.15) is 11.8 Å². The van der Waals surface area contributed by atoms with Gasteiger partial charge >= 0.3 is 0 Å². The van der Waals surface area contributed by atoms with E-state index in [1.807, 2.05) is 7.05 Å². The highest BCUT2D eigenvalue weighted by Gasteiger charge is 2.21. The molecular formula is C16H27N3S. The van der Waals surface area contributed by atoms with Crippen molar-refractivity contribution < 1.29 is 0 Å². The van der Waals surface area contributed by atoms with E-state index < -0.39 is 0 Å². The molecule has 1 aliphatic rings. The van der Waals surface area contributed by atoms with Crippen LogP contribution >= 0.6 is 11.8 Å².